The third kappa shape index (κ3) is 3.99. The summed E-state index contributed by atoms with van der Waals surface area (Å²) in [6, 6.07) is 14.5. The summed E-state index contributed by atoms with van der Waals surface area (Å²) >= 11 is 3.46. The van der Waals surface area contributed by atoms with Gasteiger partial charge in [0, 0.05) is 22.1 Å². The Labute approximate surface area is 134 Å². The third-order valence-electron chi connectivity index (χ3n) is 3.52. The Morgan fingerprint density at radius 1 is 1.05 bits per heavy atom. The lowest BCUT2D eigenvalue weighted by molar-refractivity contribution is 0.385. The number of hydrogen-bond acceptors (Lipinski definition) is 3. The normalized spacial score (nSPS) is 12.0. The predicted octanol–water partition coefficient (Wildman–Crippen LogP) is 3.97. The van der Waals surface area contributed by atoms with Crippen molar-refractivity contribution in [3.8, 4) is 11.5 Å². The Bertz CT molecular complexity index is 584. The van der Waals surface area contributed by atoms with E-state index in [9.17, 15) is 0 Å². The lowest BCUT2D eigenvalue weighted by atomic mass is 9.98. The largest absolute Gasteiger partial charge is 0.497 e. The zero-order valence-corrected chi connectivity index (χ0v) is 14.1. The van der Waals surface area contributed by atoms with E-state index in [0.29, 0.717) is 0 Å². The second-order valence-electron chi connectivity index (χ2n) is 4.78. The van der Waals surface area contributed by atoms with Gasteiger partial charge >= 0.3 is 0 Å². The van der Waals surface area contributed by atoms with Crippen LogP contribution in [0.2, 0.25) is 0 Å². The summed E-state index contributed by atoms with van der Waals surface area (Å²) in [7, 11) is 5.31. The number of ether oxygens (including phenoxy) is 2. The minimum Gasteiger partial charge on any atom is -0.497 e. The lowest BCUT2D eigenvalue weighted by Crippen LogP contribution is -2.19. The molecule has 0 aliphatic rings. The van der Waals surface area contributed by atoms with Crippen LogP contribution in [-0.4, -0.2) is 21.3 Å². The molecule has 0 aliphatic heterocycles. The van der Waals surface area contributed by atoms with Crippen molar-refractivity contribution in [2.75, 3.05) is 21.3 Å². The monoisotopic (exact) mass is 349 g/mol. The average molecular weight is 350 g/mol. The number of benzene rings is 2. The molecule has 0 heterocycles. The van der Waals surface area contributed by atoms with E-state index in [2.05, 4.69) is 51.6 Å². The van der Waals surface area contributed by atoms with Crippen molar-refractivity contribution in [2.24, 2.45) is 0 Å². The molecule has 0 spiro atoms. The van der Waals surface area contributed by atoms with E-state index in [1.807, 2.05) is 19.2 Å². The van der Waals surface area contributed by atoms with Gasteiger partial charge in [-0.25, -0.2) is 0 Å². The molecule has 0 bridgehead atoms. The van der Waals surface area contributed by atoms with Gasteiger partial charge in [-0.2, -0.15) is 0 Å². The van der Waals surface area contributed by atoms with Gasteiger partial charge in [0.25, 0.3) is 0 Å². The van der Waals surface area contributed by atoms with Crippen molar-refractivity contribution in [3.05, 3.63) is 58.1 Å². The van der Waals surface area contributed by atoms with Crippen molar-refractivity contribution in [2.45, 2.75) is 12.5 Å². The fraction of sp³-hybridized carbons (Fsp3) is 0.294. The van der Waals surface area contributed by atoms with Crippen molar-refractivity contribution in [1.29, 1.82) is 0 Å². The Morgan fingerprint density at radius 2 is 1.76 bits per heavy atom. The maximum atomic E-state index is 5.50. The lowest BCUT2D eigenvalue weighted by Gasteiger charge is -2.20. The van der Waals surface area contributed by atoms with Gasteiger partial charge in [-0.1, -0.05) is 34.1 Å². The summed E-state index contributed by atoms with van der Waals surface area (Å²) in [6.45, 7) is 0. The zero-order valence-electron chi connectivity index (χ0n) is 12.5. The molecule has 0 saturated heterocycles. The Kier molecular flexibility index (Phi) is 5.65. The molecule has 3 nitrogen and oxygen atoms in total. The molecule has 2 aromatic rings. The average Bonchev–Trinajstić information content (AvgIpc) is 2.53. The summed E-state index contributed by atoms with van der Waals surface area (Å²) in [5.74, 6) is 1.64. The molecule has 21 heavy (non-hydrogen) atoms. The highest BCUT2D eigenvalue weighted by molar-refractivity contribution is 9.10. The Hall–Kier alpha value is -1.52. The number of likely N-dealkylation sites (N-methyl/N-ethyl adjacent to an activating group) is 1. The Balaban J connectivity index is 2.26. The molecule has 4 heteroatoms. The number of methoxy groups -OCH3 is 2. The van der Waals surface area contributed by atoms with Crippen molar-refractivity contribution < 1.29 is 9.47 Å². The van der Waals surface area contributed by atoms with Crippen LogP contribution >= 0.6 is 15.9 Å². The first kappa shape index (κ1) is 15.9. The molecule has 1 unspecified atom stereocenters. The van der Waals surface area contributed by atoms with Crippen LogP contribution in [0.3, 0.4) is 0 Å². The van der Waals surface area contributed by atoms with Crippen LogP contribution in [-0.2, 0) is 6.42 Å². The number of nitrogens with one attached hydrogen (secondary N) is 1. The first-order valence-corrected chi connectivity index (χ1v) is 7.61. The maximum absolute atomic E-state index is 5.50. The fourth-order valence-corrected chi connectivity index (χ4v) is 2.59. The van der Waals surface area contributed by atoms with E-state index >= 15 is 0 Å². The second kappa shape index (κ2) is 7.48. The van der Waals surface area contributed by atoms with E-state index in [-0.39, 0.29) is 6.04 Å². The van der Waals surface area contributed by atoms with Crippen molar-refractivity contribution >= 4 is 15.9 Å². The minimum absolute atomic E-state index is 0.187. The van der Waals surface area contributed by atoms with E-state index in [1.165, 1.54) is 5.56 Å². The highest BCUT2D eigenvalue weighted by Gasteiger charge is 2.15. The van der Waals surface area contributed by atoms with Gasteiger partial charge in [-0.05, 0) is 37.2 Å². The minimum atomic E-state index is 0.187. The number of rotatable bonds is 6. The predicted molar refractivity (Wildman–Crippen MR) is 89.2 cm³/mol. The Morgan fingerprint density at radius 3 is 2.33 bits per heavy atom. The highest BCUT2D eigenvalue weighted by atomic mass is 79.9. The molecule has 0 radical (unpaired) electrons. The molecular weight excluding hydrogens is 330 g/mol. The smallest absolute Gasteiger partial charge is 0.127 e. The molecule has 2 rings (SSSR count). The van der Waals surface area contributed by atoms with Crippen LogP contribution in [0.1, 0.15) is 17.2 Å². The molecule has 0 amide bonds. The molecule has 0 saturated carbocycles. The highest BCUT2D eigenvalue weighted by Crippen LogP contribution is 2.31. The van der Waals surface area contributed by atoms with E-state index in [0.717, 1.165) is 28.0 Å². The van der Waals surface area contributed by atoms with Crippen LogP contribution in [0.15, 0.2) is 46.9 Å². The molecule has 1 atom stereocenters. The fourth-order valence-electron chi connectivity index (χ4n) is 2.33. The molecule has 2 aromatic carbocycles. The van der Waals surface area contributed by atoms with E-state index in [4.69, 9.17) is 9.47 Å². The molecule has 0 fully saturated rings. The van der Waals surface area contributed by atoms with Gasteiger partial charge in [0.15, 0.2) is 0 Å². The third-order valence-corrected chi connectivity index (χ3v) is 4.05. The molecular formula is C17H20BrNO2. The summed E-state index contributed by atoms with van der Waals surface area (Å²) < 4.78 is 11.8. The van der Waals surface area contributed by atoms with Crippen molar-refractivity contribution in [3.63, 3.8) is 0 Å². The van der Waals surface area contributed by atoms with Gasteiger partial charge in [0.1, 0.15) is 11.5 Å². The molecule has 0 aromatic heterocycles. The quantitative estimate of drug-likeness (QED) is 0.855. The van der Waals surface area contributed by atoms with Crippen LogP contribution in [0.5, 0.6) is 11.5 Å². The SMILES string of the molecule is CNC(Cc1ccc(Br)cc1)c1ccc(OC)cc1OC. The zero-order chi connectivity index (χ0) is 15.2. The molecule has 112 valence electrons. The summed E-state index contributed by atoms with van der Waals surface area (Å²) in [5, 5.41) is 3.36. The van der Waals surface area contributed by atoms with E-state index in [1.54, 1.807) is 14.2 Å². The van der Waals surface area contributed by atoms with Crippen LogP contribution < -0.4 is 14.8 Å². The molecule has 0 aliphatic carbocycles. The van der Waals surface area contributed by atoms with Crippen LogP contribution in [0.25, 0.3) is 0 Å². The van der Waals surface area contributed by atoms with Gasteiger partial charge in [0.2, 0.25) is 0 Å². The standard InChI is InChI=1S/C17H20BrNO2/c1-19-16(10-12-4-6-13(18)7-5-12)15-9-8-14(20-2)11-17(15)21-3/h4-9,11,16,19H,10H2,1-3H3. The van der Waals surface area contributed by atoms with Crippen LogP contribution in [0, 0.1) is 0 Å². The van der Waals surface area contributed by atoms with Gasteiger partial charge in [-0.15, -0.1) is 0 Å². The van der Waals surface area contributed by atoms with Crippen LogP contribution in [0.4, 0.5) is 0 Å². The second-order valence-corrected chi connectivity index (χ2v) is 5.70. The number of hydrogen-bond donors (Lipinski definition) is 1. The van der Waals surface area contributed by atoms with Crippen molar-refractivity contribution in [1.82, 2.24) is 5.32 Å². The number of halogens is 1. The first-order chi connectivity index (χ1) is 10.2. The van der Waals surface area contributed by atoms with Gasteiger partial charge in [0.05, 0.1) is 14.2 Å². The van der Waals surface area contributed by atoms with Gasteiger partial charge < -0.3 is 14.8 Å². The van der Waals surface area contributed by atoms with E-state index < -0.39 is 0 Å². The maximum Gasteiger partial charge on any atom is 0.127 e. The summed E-state index contributed by atoms with van der Waals surface area (Å²) in [4.78, 5) is 0. The molecule has 1 N–H and O–H groups in total. The summed E-state index contributed by atoms with van der Waals surface area (Å²) in [5.41, 5.74) is 2.40. The topological polar surface area (TPSA) is 30.5 Å². The first-order valence-electron chi connectivity index (χ1n) is 6.81. The van der Waals surface area contributed by atoms with Gasteiger partial charge in [-0.3, -0.25) is 0 Å². The summed E-state index contributed by atoms with van der Waals surface area (Å²) in [6.07, 6.45) is 0.895.